The number of anilines is 1. The minimum atomic E-state index is -3.92. The van der Waals surface area contributed by atoms with E-state index in [2.05, 4.69) is 15.0 Å². The smallest absolute Gasteiger partial charge is 0.407 e. The van der Waals surface area contributed by atoms with Gasteiger partial charge in [0.05, 0.1) is 17.5 Å². The van der Waals surface area contributed by atoms with Crippen LogP contribution in [0.25, 0.3) is 32.9 Å². The molecule has 2 fully saturated rings. The third-order valence-corrected chi connectivity index (χ3v) is 8.84. The van der Waals surface area contributed by atoms with E-state index < -0.39 is 26.9 Å². The average molecular weight is 596 g/mol. The first-order valence-electron chi connectivity index (χ1n) is 13.6. The van der Waals surface area contributed by atoms with Crippen LogP contribution in [-0.4, -0.2) is 84.8 Å². The topological polar surface area (TPSA) is 135 Å². The van der Waals surface area contributed by atoms with Crippen LogP contribution in [0.4, 0.5) is 15.0 Å². The zero-order chi connectivity index (χ0) is 29.8. The number of rotatable bonds is 7. The van der Waals surface area contributed by atoms with E-state index in [4.69, 9.17) is 9.47 Å². The number of carbonyl (C=O) groups is 1. The number of halogens is 1. The quantitative estimate of drug-likeness (QED) is 0.244. The molecule has 0 saturated carbocycles. The van der Waals surface area contributed by atoms with Gasteiger partial charge in [-0.1, -0.05) is 25.1 Å². The molecule has 6 rings (SSSR count). The highest BCUT2D eigenvalue weighted by Crippen LogP contribution is 2.40. The number of pyridine rings is 1. The largest absolute Gasteiger partial charge is 0.468 e. The van der Waals surface area contributed by atoms with E-state index in [-0.39, 0.29) is 41.3 Å². The Morgan fingerprint density at radius 2 is 1.90 bits per heavy atom. The highest BCUT2D eigenvalue weighted by atomic mass is 32.2. The minimum absolute atomic E-state index is 0.00250. The minimum Gasteiger partial charge on any atom is -0.468 e. The van der Waals surface area contributed by atoms with Crippen LogP contribution >= 0.6 is 0 Å². The molecule has 13 heteroatoms. The van der Waals surface area contributed by atoms with Gasteiger partial charge in [0.2, 0.25) is 15.0 Å². The summed E-state index contributed by atoms with van der Waals surface area (Å²) in [7, 11) is -2.42. The van der Waals surface area contributed by atoms with Crippen LogP contribution in [0.2, 0.25) is 0 Å². The fraction of sp³-hybridized carbons (Fsp3) is 0.379. The van der Waals surface area contributed by atoms with Gasteiger partial charge in [-0.15, -0.1) is 0 Å². The van der Waals surface area contributed by atoms with Crippen molar-refractivity contribution in [2.45, 2.75) is 43.4 Å². The summed E-state index contributed by atoms with van der Waals surface area (Å²) in [6.45, 7) is 2.60. The Balaban J connectivity index is 1.56. The van der Waals surface area contributed by atoms with E-state index in [0.29, 0.717) is 43.7 Å². The van der Waals surface area contributed by atoms with E-state index in [9.17, 15) is 18.3 Å². The first-order valence-corrected chi connectivity index (χ1v) is 15.5. The molecule has 4 heterocycles. The van der Waals surface area contributed by atoms with Crippen LogP contribution in [0.3, 0.4) is 0 Å². The van der Waals surface area contributed by atoms with Gasteiger partial charge in [0.1, 0.15) is 22.8 Å². The second kappa shape index (κ2) is 10.6. The van der Waals surface area contributed by atoms with Crippen LogP contribution in [0.15, 0.2) is 41.7 Å². The van der Waals surface area contributed by atoms with Gasteiger partial charge in [0, 0.05) is 38.2 Å². The number of carboxylic acid groups (broad SMARTS) is 1. The fourth-order valence-electron chi connectivity index (χ4n) is 6.17. The van der Waals surface area contributed by atoms with Crippen molar-refractivity contribution in [3.8, 4) is 17.0 Å². The zero-order valence-electron chi connectivity index (χ0n) is 23.4. The molecule has 2 aliphatic heterocycles. The number of piperazine rings is 1. The Hall–Kier alpha value is -4.10. The molecule has 0 spiro atoms. The van der Waals surface area contributed by atoms with Gasteiger partial charge in [-0.25, -0.2) is 27.6 Å². The van der Waals surface area contributed by atoms with Crippen molar-refractivity contribution in [3.05, 3.63) is 47.9 Å². The maximum atomic E-state index is 16.6. The number of aromatic nitrogens is 3. The van der Waals surface area contributed by atoms with Crippen LogP contribution in [0.5, 0.6) is 5.75 Å². The lowest BCUT2D eigenvalue weighted by molar-refractivity contribution is 0.0512. The summed E-state index contributed by atoms with van der Waals surface area (Å²) in [4.78, 5) is 28.2. The molecule has 2 bridgehead atoms. The third-order valence-electron chi connectivity index (χ3n) is 7.99. The van der Waals surface area contributed by atoms with E-state index in [1.54, 1.807) is 6.07 Å². The lowest BCUT2D eigenvalue weighted by Gasteiger charge is -2.40. The first-order chi connectivity index (χ1) is 20.1. The standard InChI is InChI=1S/C29H30FN5O6S/c1-4-16-6-5-7-17-10-20(41-15-40-2)11-21(23(16)17)25-24(30)26-22(12-31-25)27(33-28(32-26)42(3,38)39)34-13-18-8-9-19(14-34)35(18)29(36)37/h5-7,10-12,18-19H,4,8-9,13-15H2,1-3H3,(H,36,37). The van der Waals surface area contributed by atoms with Crippen molar-refractivity contribution in [2.24, 2.45) is 0 Å². The summed E-state index contributed by atoms with van der Waals surface area (Å²) < 4.78 is 52.7. The number of ether oxygens (including phenoxy) is 2. The number of methoxy groups -OCH3 is 1. The van der Waals surface area contributed by atoms with Gasteiger partial charge in [0.15, 0.2) is 12.6 Å². The Morgan fingerprint density at radius 1 is 1.17 bits per heavy atom. The molecule has 4 aromatic rings. The molecule has 1 N–H and O–H groups in total. The Bertz CT molecular complexity index is 1820. The molecule has 2 atom stereocenters. The van der Waals surface area contributed by atoms with Crippen LogP contribution < -0.4 is 9.64 Å². The highest BCUT2D eigenvalue weighted by Gasteiger charge is 2.43. The lowest BCUT2D eigenvalue weighted by atomic mass is 9.95. The molecule has 220 valence electrons. The predicted molar refractivity (Wildman–Crippen MR) is 154 cm³/mol. The highest BCUT2D eigenvalue weighted by molar-refractivity contribution is 7.90. The molecule has 42 heavy (non-hydrogen) atoms. The van der Waals surface area contributed by atoms with E-state index in [0.717, 1.165) is 22.6 Å². The second-order valence-electron chi connectivity index (χ2n) is 10.7. The summed E-state index contributed by atoms with van der Waals surface area (Å²) >= 11 is 0. The summed E-state index contributed by atoms with van der Waals surface area (Å²) in [5.41, 5.74) is 1.28. The van der Waals surface area contributed by atoms with E-state index in [1.165, 1.54) is 18.2 Å². The van der Waals surface area contributed by atoms with Gasteiger partial charge >= 0.3 is 6.09 Å². The van der Waals surface area contributed by atoms with Crippen molar-refractivity contribution in [1.82, 2.24) is 19.9 Å². The number of sulfone groups is 1. The van der Waals surface area contributed by atoms with Crippen molar-refractivity contribution >= 4 is 43.4 Å². The molecule has 0 radical (unpaired) electrons. The SMILES string of the molecule is CCc1cccc2cc(OCOC)cc(-c3ncc4c(N5CC6CCC(C5)N6C(=O)O)nc(S(C)(=O)=O)nc4c3F)c12. The van der Waals surface area contributed by atoms with Crippen molar-refractivity contribution in [1.29, 1.82) is 0 Å². The molecule has 1 amide bonds. The van der Waals surface area contributed by atoms with Crippen LogP contribution in [-0.2, 0) is 21.0 Å². The van der Waals surface area contributed by atoms with Crippen LogP contribution in [0, 0.1) is 5.82 Å². The van der Waals surface area contributed by atoms with Gasteiger partial charge in [0.25, 0.3) is 0 Å². The van der Waals surface area contributed by atoms with Gasteiger partial charge < -0.3 is 19.5 Å². The Kier molecular flexibility index (Phi) is 7.09. The summed E-state index contributed by atoms with van der Waals surface area (Å²) in [6.07, 6.45) is 3.50. The summed E-state index contributed by atoms with van der Waals surface area (Å²) in [6, 6.07) is 8.78. The number of hydrogen-bond acceptors (Lipinski definition) is 9. The normalized spacial score (nSPS) is 18.7. The number of fused-ring (bicyclic) bond motifs is 4. The number of aryl methyl sites for hydroxylation is 1. The Labute approximate surface area is 241 Å². The molecule has 2 aliphatic rings. The third kappa shape index (κ3) is 4.75. The summed E-state index contributed by atoms with van der Waals surface area (Å²) in [5, 5.41) is 11.0. The van der Waals surface area contributed by atoms with Crippen molar-refractivity contribution in [2.75, 3.05) is 38.1 Å². The zero-order valence-corrected chi connectivity index (χ0v) is 24.2. The van der Waals surface area contributed by atoms with Gasteiger partial charge in [-0.05, 0) is 47.7 Å². The fourth-order valence-corrected chi connectivity index (χ4v) is 6.68. The molecule has 11 nitrogen and oxygen atoms in total. The number of hydrogen-bond donors (Lipinski definition) is 1. The van der Waals surface area contributed by atoms with Gasteiger partial charge in [-0.3, -0.25) is 9.88 Å². The molecule has 0 aliphatic carbocycles. The van der Waals surface area contributed by atoms with Gasteiger partial charge in [-0.2, -0.15) is 0 Å². The molecular weight excluding hydrogens is 565 g/mol. The number of nitrogens with zero attached hydrogens (tertiary/aromatic N) is 5. The first kappa shape index (κ1) is 28.0. The average Bonchev–Trinajstić information content (AvgIpc) is 3.24. The molecule has 2 aromatic carbocycles. The van der Waals surface area contributed by atoms with E-state index >= 15 is 4.39 Å². The monoisotopic (exact) mass is 595 g/mol. The maximum absolute atomic E-state index is 16.6. The predicted octanol–water partition coefficient (Wildman–Crippen LogP) is 4.26. The van der Waals surface area contributed by atoms with Crippen LogP contribution in [0.1, 0.15) is 25.3 Å². The van der Waals surface area contributed by atoms with Crippen molar-refractivity contribution < 1.29 is 32.2 Å². The molecule has 2 unspecified atom stereocenters. The number of benzene rings is 2. The van der Waals surface area contributed by atoms with E-state index in [1.807, 2.05) is 36.1 Å². The second-order valence-corrected chi connectivity index (χ2v) is 12.6. The number of amides is 1. The van der Waals surface area contributed by atoms with Crippen molar-refractivity contribution in [3.63, 3.8) is 0 Å². The maximum Gasteiger partial charge on any atom is 0.407 e. The molecule has 2 saturated heterocycles. The summed E-state index contributed by atoms with van der Waals surface area (Å²) in [5.74, 6) is -0.109. The molecular formula is C29H30FN5O6S. The lowest BCUT2D eigenvalue weighted by Crippen LogP contribution is -2.55. The molecule has 2 aromatic heterocycles. The Morgan fingerprint density at radius 3 is 2.55 bits per heavy atom.